The topological polar surface area (TPSA) is 157 Å². The second kappa shape index (κ2) is 11.0. The van der Waals surface area contributed by atoms with Crippen molar-refractivity contribution >= 4 is 5.97 Å². The molecular weight excluding hydrogens is 336 g/mol. The molecule has 0 amide bonds. The lowest BCUT2D eigenvalue weighted by Crippen LogP contribution is -2.59. The molecule has 0 saturated carbocycles. The van der Waals surface area contributed by atoms with Crippen molar-refractivity contribution in [1.29, 1.82) is 0 Å². The van der Waals surface area contributed by atoms with Gasteiger partial charge in [0.25, 0.3) is 0 Å². The number of carboxylic acids is 1. The number of aliphatic carboxylic acids is 1. The van der Waals surface area contributed by atoms with E-state index in [1.165, 1.54) is 0 Å². The van der Waals surface area contributed by atoms with Crippen molar-refractivity contribution in [3.63, 3.8) is 0 Å². The van der Waals surface area contributed by atoms with Crippen LogP contribution in [-0.2, 0) is 14.3 Å². The summed E-state index contributed by atoms with van der Waals surface area (Å²) in [5.74, 6) is -1.14. The van der Waals surface area contributed by atoms with Crippen LogP contribution in [0.4, 0.5) is 0 Å². The molecule has 9 heteroatoms. The number of aliphatic hydroxyl groups excluding tert-OH is 5. The van der Waals surface area contributed by atoms with Crippen LogP contribution in [0.3, 0.4) is 0 Å². The zero-order valence-electron chi connectivity index (χ0n) is 14.4. The zero-order chi connectivity index (χ0) is 19.0. The number of rotatable bonds is 11. The number of hydrogen-bond acceptors (Lipinski definition) is 8. The molecule has 1 saturated heterocycles. The van der Waals surface area contributed by atoms with Crippen molar-refractivity contribution in [1.82, 2.24) is 0 Å². The van der Waals surface area contributed by atoms with Gasteiger partial charge in [0.05, 0.1) is 25.2 Å². The van der Waals surface area contributed by atoms with Crippen LogP contribution in [0.5, 0.6) is 0 Å². The van der Waals surface area contributed by atoms with Crippen molar-refractivity contribution in [3.05, 3.63) is 0 Å². The van der Waals surface area contributed by atoms with E-state index in [9.17, 15) is 25.2 Å². The minimum Gasteiger partial charge on any atom is -0.481 e. The zero-order valence-corrected chi connectivity index (χ0v) is 14.4. The van der Waals surface area contributed by atoms with E-state index >= 15 is 0 Å². The quantitative estimate of drug-likeness (QED) is 0.252. The summed E-state index contributed by atoms with van der Waals surface area (Å²) in [5, 5.41) is 57.7. The van der Waals surface area contributed by atoms with Crippen LogP contribution in [-0.4, -0.2) is 86.1 Å². The molecule has 9 nitrogen and oxygen atoms in total. The van der Waals surface area contributed by atoms with Crippen LogP contribution < -0.4 is 0 Å². The smallest absolute Gasteiger partial charge is 0.305 e. The van der Waals surface area contributed by atoms with E-state index < -0.39 is 61.9 Å². The van der Waals surface area contributed by atoms with Gasteiger partial charge in [-0.3, -0.25) is 4.79 Å². The van der Waals surface area contributed by atoms with Gasteiger partial charge in [0.15, 0.2) is 6.29 Å². The third kappa shape index (κ3) is 7.14. The van der Waals surface area contributed by atoms with Gasteiger partial charge in [-0.05, 0) is 6.42 Å². The van der Waals surface area contributed by atoms with Crippen LogP contribution >= 0.6 is 0 Å². The summed E-state index contributed by atoms with van der Waals surface area (Å²) in [6.45, 7) is 1.43. The van der Waals surface area contributed by atoms with Crippen molar-refractivity contribution in [2.45, 2.75) is 88.4 Å². The SMILES string of the molecule is CCCCC[C@@H](O)C[C@@H](CC(=O)O)O[C@H]1O[C@@H](CO)[C@@H](O)[C@@H](O)[C@H]1O. The Morgan fingerprint density at radius 1 is 1.16 bits per heavy atom. The standard InChI is InChI=1S/C16H30O9/c1-2-3-4-5-9(18)6-10(7-12(19)20)24-16-15(23)14(22)13(21)11(8-17)25-16/h9-11,13-18,21-23H,2-8H2,1H3,(H,19,20)/t9-,10+,11+,13-,14-,15-,16+/m1/s1. The maximum atomic E-state index is 11.0. The largest absolute Gasteiger partial charge is 0.481 e. The van der Waals surface area contributed by atoms with Crippen LogP contribution in [0.15, 0.2) is 0 Å². The number of carboxylic acid groups (broad SMARTS) is 1. The molecule has 1 rings (SSSR count). The Bertz CT molecular complexity index is 390. The Balaban J connectivity index is 2.67. The van der Waals surface area contributed by atoms with Crippen LogP contribution in [0.2, 0.25) is 0 Å². The van der Waals surface area contributed by atoms with Gasteiger partial charge in [0, 0.05) is 6.42 Å². The maximum Gasteiger partial charge on any atom is 0.305 e. The Labute approximate surface area is 146 Å². The number of aliphatic hydroxyl groups is 5. The molecule has 1 aliphatic heterocycles. The Morgan fingerprint density at radius 2 is 1.84 bits per heavy atom. The molecule has 148 valence electrons. The van der Waals surface area contributed by atoms with E-state index in [0.29, 0.717) is 6.42 Å². The third-order valence-corrected chi connectivity index (χ3v) is 4.25. The fourth-order valence-electron chi connectivity index (χ4n) is 2.80. The summed E-state index contributed by atoms with van der Waals surface area (Å²) >= 11 is 0. The monoisotopic (exact) mass is 366 g/mol. The summed E-state index contributed by atoms with van der Waals surface area (Å²) in [7, 11) is 0. The number of unbranched alkanes of at least 4 members (excludes halogenated alkanes) is 2. The molecule has 0 bridgehead atoms. The minimum atomic E-state index is -1.61. The fourth-order valence-corrected chi connectivity index (χ4v) is 2.80. The van der Waals surface area contributed by atoms with E-state index in [1.54, 1.807) is 0 Å². The number of hydrogen-bond donors (Lipinski definition) is 6. The average Bonchev–Trinajstić information content (AvgIpc) is 2.55. The molecule has 0 unspecified atom stereocenters. The van der Waals surface area contributed by atoms with Gasteiger partial charge < -0.3 is 40.1 Å². The molecular formula is C16H30O9. The first-order chi connectivity index (χ1) is 11.8. The maximum absolute atomic E-state index is 11.0. The van der Waals surface area contributed by atoms with Crippen molar-refractivity contribution < 1.29 is 44.9 Å². The molecule has 6 N–H and O–H groups in total. The van der Waals surface area contributed by atoms with E-state index in [-0.39, 0.29) is 6.42 Å². The average molecular weight is 366 g/mol. The van der Waals surface area contributed by atoms with Gasteiger partial charge in [-0.15, -0.1) is 0 Å². The molecule has 25 heavy (non-hydrogen) atoms. The lowest BCUT2D eigenvalue weighted by Gasteiger charge is -2.40. The van der Waals surface area contributed by atoms with Crippen molar-refractivity contribution in [2.75, 3.05) is 6.61 Å². The summed E-state index contributed by atoms with van der Waals surface area (Å²) in [6.07, 6.45) is -6.12. The first-order valence-electron chi connectivity index (χ1n) is 8.65. The lowest BCUT2D eigenvalue weighted by molar-refractivity contribution is -0.312. The second-order valence-electron chi connectivity index (χ2n) is 6.44. The molecule has 1 heterocycles. The van der Waals surface area contributed by atoms with E-state index in [1.807, 2.05) is 6.92 Å². The highest BCUT2D eigenvalue weighted by atomic mass is 16.7. The fraction of sp³-hybridized carbons (Fsp3) is 0.938. The molecule has 0 spiro atoms. The predicted octanol–water partition coefficient (Wildman–Crippen LogP) is -1.02. The van der Waals surface area contributed by atoms with Gasteiger partial charge in [-0.1, -0.05) is 26.2 Å². The molecule has 0 aromatic carbocycles. The molecule has 1 fully saturated rings. The number of carbonyl (C=O) groups is 1. The van der Waals surface area contributed by atoms with Crippen molar-refractivity contribution in [3.8, 4) is 0 Å². The van der Waals surface area contributed by atoms with Gasteiger partial charge in [-0.2, -0.15) is 0 Å². The predicted molar refractivity (Wildman–Crippen MR) is 85.7 cm³/mol. The third-order valence-electron chi connectivity index (χ3n) is 4.25. The number of ether oxygens (including phenoxy) is 2. The first-order valence-corrected chi connectivity index (χ1v) is 8.65. The van der Waals surface area contributed by atoms with E-state index in [0.717, 1.165) is 19.3 Å². The van der Waals surface area contributed by atoms with Gasteiger partial charge >= 0.3 is 5.97 Å². The van der Waals surface area contributed by atoms with Crippen molar-refractivity contribution in [2.24, 2.45) is 0 Å². The Morgan fingerprint density at radius 3 is 2.40 bits per heavy atom. The highest BCUT2D eigenvalue weighted by Crippen LogP contribution is 2.25. The lowest BCUT2D eigenvalue weighted by atomic mass is 9.99. The van der Waals surface area contributed by atoms with E-state index in [4.69, 9.17) is 19.7 Å². The first kappa shape index (κ1) is 22.2. The second-order valence-corrected chi connectivity index (χ2v) is 6.44. The van der Waals surface area contributed by atoms with Crippen LogP contribution in [0, 0.1) is 0 Å². The molecule has 0 aromatic rings. The Hall–Kier alpha value is -0.810. The summed E-state index contributed by atoms with van der Waals surface area (Å²) < 4.78 is 10.7. The summed E-state index contributed by atoms with van der Waals surface area (Å²) in [5.41, 5.74) is 0. The van der Waals surface area contributed by atoms with Crippen LogP contribution in [0.1, 0.15) is 45.4 Å². The van der Waals surface area contributed by atoms with Gasteiger partial charge in [0.2, 0.25) is 0 Å². The summed E-state index contributed by atoms with van der Waals surface area (Å²) in [4.78, 5) is 11.0. The molecule has 7 atom stereocenters. The normalized spacial score (nSPS) is 32.3. The van der Waals surface area contributed by atoms with Gasteiger partial charge in [0.1, 0.15) is 24.4 Å². The molecule has 0 radical (unpaired) electrons. The highest BCUT2D eigenvalue weighted by Gasteiger charge is 2.45. The Kier molecular flexibility index (Phi) is 9.80. The van der Waals surface area contributed by atoms with Gasteiger partial charge in [-0.25, -0.2) is 0 Å². The molecule has 0 aliphatic carbocycles. The highest BCUT2D eigenvalue weighted by molar-refractivity contribution is 5.67. The van der Waals surface area contributed by atoms with E-state index in [2.05, 4.69) is 0 Å². The molecule has 1 aliphatic rings. The van der Waals surface area contributed by atoms with Crippen LogP contribution in [0.25, 0.3) is 0 Å². The summed E-state index contributed by atoms with van der Waals surface area (Å²) in [6, 6.07) is 0. The minimum absolute atomic E-state index is 0.0328. The molecule has 0 aromatic heterocycles.